The summed E-state index contributed by atoms with van der Waals surface area (Å²) < 4.78 is 4.83. The molecule has 4 aromatic rings. The summed E-state index contributed by atoms with van der Waals surface area (Å²) in [5, 5.41) is 41.2. The number of para-hydroxylation sites is 2. The number of nitrogens with zero attached hydrogens (tertiary/aromatic N) is 5. The summed E-state index contributed by atoms with van der Waals surface area (Å²) in [5.41, 5.74) is 1.24. The molecule has 2 aromatic carbocycles. The minimum Gasteiger partial charge on any atom is -0.493 e. The summed E-state index contributed by atoms with van der Waals surface area (Å²) in [4.78, 5) is 13.2. The maximum Gasteiger partial charge on any atom is 0.295 e. The van der Waals surface area contributed by atoms with E-state index in [0.717, 1.165) is 11.3 Å². The first-order valence-corrected chi connectivity index (χ1v) is 10.9. The van der Waals surface area contributed by atoms with Crippen LogP contribution in [0.4, 0.5) is 5.69 Å². The molecular formula is C24H19N7O2S. The second-order valence-electron chi connectivity index (χ2n) is 7.26. The van der Waals surface area contributed by atoms with Gasteiger partial charge in [-0.25, -0.2) is 4.68 Å². The number of hydrogen-bond donors (Lipinski definition) is 3. The molecule has 0 bridgehead atoms. The van der Waals surface area contributed by atoms with Crippen LogP contribution >= 0.6 is 11.3 Å². The van der Waals surface area contributed by atoms with E-state index in [1.54, 1.807) is 61.1 Å². The number of aliphatic hydroxyl groups excluding tert-OH is 1. The van der Waals surface area contributed by atoms with Gasteiger partial charge in [-0.3, -0.25) is 19.5 Å². The van der Waals surface area contributed by atoms with E-state index < -0.39 is 5.88 Å². The Morgan fingerprint density at radius 1 is 1.03 bits per heavy atom. The van der Waals surface area contributed by atoms with Crippen molar-refractivity contribution in [2.24, 2.45) is 7.05 Å². The zero-order valence-corrected chi connectivity index (χ0v) is 19.1. The summed E-state index contributed by atoms with van der Waals surface area (Å²) in [6, 6.07) is 21.6. The molecule has 0 aliphatic rings. The number of aliphatic hydroxyl groups is 1. The second kappa shape index (κ2) is 8.98. The molecule has 0 radical (unpaired) electrons. The van der Waals surface area contributed by atoms with Crippen molar-refractivity contribution >= 4 is 28.5 Å². The fourth-order valence-corrected chi connectivity index (χ4v) is 4.56. The third kappa shape index (κ3) is 3.68. The van der Waals surface area contributed by atoms with Crippen LogP contribution in [0.25, 0.3) is 22.8 Å². The van der Waals surface area contributed by atoms with E-state index in [-0.39, 0.29) is 31.5 Å². The molecule has 0 unspecified atom stereocenters. The number of nitriles is 2. The molecule has 0 spiro atoms. The molecule has 3 N–H and O–H groups in total. The number of nitrogens with one attached hydrogen (secondary N) is 2. The van der Waals surface area contributed by atoms with Gasteiger partial charge in [0.15, 0.2) is 11.1 Å². The number of aromatic nitrogens is 3. The Bertz CT molecular complexity index is 1690. The van der Waals surface area contributed by atoms with Crippen molar-refractivity contribution in [2.75, 3.05) is 5.32 Å². The van der Waals surface area contributed by atoms with E-state index in [0.29, 0.717) is 17.1 Å². The highest BCUT2D eigenvalue weighted by atomic mass is 32.1. The lowest BCUT2D eigenvalue weighted by Crippen LogP contribution is -2.33. The van der Waals surface area contributed by atoms with Gasteiger partial charge in [-0.2, -0.15) is 10.5 Å². The van der Waals surface area contributed by atoms with Crippen molar-refractivity contribution in [3.8, 4) is 23.5 Å². The predicted octanol–water partition coefficient (Wildman–Crippen LogP) is 1.75. The topological polar surface area (TPSA) is 136 Å². The largest absolute Gasteiger partial charge is 0.493 e. The average molecular weight is 470 g/mol. The van der Waals surface area contributed by atoms with Crippen LogP contribution < -0.4 is 25.6 Å². The third-order valence-electron chi connectivity index (χ3n) is 5.31. The smallest absolute Gasteiger partial charge is 0.295 e. The molecule has 10 heteroatoms. The molecule has 34 heavy (non-hydrogen) atoms. The normalized spacial score (nSPS) is 11.4. The van der Waals surface area contributed by atoms with Gasteiger partial charge in [-0.15, -0.1) is 11.3 Å². The van der Waals surface area contributed by atoms with Gasteiger partial charge in [0.05, 0.1) is 11.4 Å². The van der Waals surface area contributed by atoms with Gasteiger partial charge in [0.1, 0.15) is 27.0 Å². The monoisotopic (exact) mass is 469 g/mol. The quantitative estimate of drug-likeness (QED) is 0.418. The molecular weight excluding hydrogens is 450 g/mol. The molecule has 2 aromatic heterocycles. The van der Waals surface area contributed by atoms with Crippen LogP contribution in [0.1, 0.15) is 5.69 Å². The molecule has 2 heterocycles. The van der Waals surface area contributed by atoms with Gasteiger partial charge in [-0.1, -0.05) is 36.4 Å². The molecule has 0 saturated heterocycles. The lowest BCUT2D eigenvalue weighted by atomic mass is 10.3. The molecule has 0 aliphatic carbocycles. The Morgan fingerprint density at radius 2 is 1.59 bits per heavy atom. The van der Waals surface area contributed by atoms with Crippen molar-refractivity contribution in [3.63, 3.8) is 0 Å². The van der Waals surface area contributed by atoms with Crippen LogP contribution in [0.5, 0.6) is 0 Å². The van der Waals surface area contributed by atoms with Gasteiger partial charge in [0, 0.05) is 12.7 Å². The molecule has 0 aliphatic heterocycles. The lowest BCUT2D eigenvalue weighted by molar-refractivity contribution is 0.502. The fraction of sp³-hybridized carbons (Fsp3) is 0.0833. The Labute approximate surface area is 197 Å². The Balaban J connectivity index is 1.96. The molecule has 0 atom stereocenters. The summed E-state index contributed by atoms with van der Waals surface area (Å²) in [6.07, 6.45) is 0. The predicted molar refractivity (Wildman–Crippen MR) is 129 cm³/mol. The molecule has 0 fully saturated rings. The summed E-state index contributed by atoms with van der Waals surface area (Å²) in [7, 11) is 1.73. The number of anilines is 1. The van der Waals surface area contributed by atoms with Gasteiger partial charge in [0.25, 0.3) is 5.56 Å². The van der Waals surface area contributed by atoms with E-state index in [9.17, 15) is 20.4 Å². The Kier molecular flexibility index (Phi) is 5.92. The first-order chi connectivity index (χ1) is 16.4. The second-order valence-corrected chi connectivity index (χ2v) is 8.26. The van der Waals surface area contributed by atoms with Crippen molar-refractivity contribution in [2.45, 2.75) is 6.92 Å². The minimum atomic E-state index is -0.424. The molecule has 0 amide bonds. The summed E-state index contributed by atoms with van der Waals surface area (Å²) >= 11 is 0.913. The number of benzene rings is 2. The highest BCUT2D eigenvalue weighted by molar-refractivity contribution is 7.07. The van der Waals surface area contributed by atoms with E-state index in [1.165, 1.54) is 9.25 Å². The van der Waals surface area contributed by atoms with Gasteiger partial charge in [0.2, 0.25) is 5.88 Å². The van der Waals surface area contributed by atoms with E-state index in [4.69, 9.17) is 5.41 Å². The molecule has 9 nitrogen and oxygen atoms in total. The van der Waals surface area contributed by atoms with Crippen molar-refractivity contribution in [1.29, 1.82) is 15.9 Å². The fourth-order valence-electron chi connectivity index (χ4n) is 3.55. The first kappa shape index (κ1) is 22.4. The molecule has 4 rings (SSSR count). The van der Waals surface area contributed by atoms with Gasteiger partial charge < -0.3 is 10.4 Å². The van der Waals surface area contributed by atoms with Crippen molar-refractivity contribution in [1.82, 2.24) is 13.9 Å². The average Bonchev–Trinajstić information content (AvgIpc) is 3.30. The highest BCUT2D eigenvalue weighted by Crippen LogP contribution is 2.15. The van der Waals surface area contributed by atoms with Crippen molar-refractivity contribution < 1.29 is 5.11 Å². The standard InChI is InChI=1S/C24H19N7O2S/c1-15-19(23(33)31(29(15)2)18-11-7-4-8-12-18)28-22(32)20-21(27)30(17-9-5-3-6-10-17)24(34-20)16(13-25)14-26/h3-12,27-28,32H,1-2H3/b22-20+,27-21?. The highest BCUT2D eigenvalue weighted by Gasteiger charge is 2.18. The number of thiazole rings is 1. The number of hydrogen-bond acceptors (Lipinski definition) is 7. The van der Waals surface area contributed by atoms with Crippen LogP contribution in [0.2, 0.25) is 0 Å². The molecule has 168 valence electrons. The lowest BCUT2D eigenvalue weighted by Gasteiger charge is -2.07. The van der Waals surface area contributed by atoms with Crippen LogP contribution in [0.3, 0.4) is 0 Å². The minimum absolute atomic E-state index is 0.0794. The Morgan fingerprint density at radius 3 is 2.15 bits per heavy atom. The maximum atomic E-state index is 13.2. The van der Waals surface area contributed by atoms with Crippen LogP contribution in [-0.2, 0) is 7.05 Å². The van der Waals surface area contributed by atoms with Gasteiger partial charge in [-0.05, 0) is 31.2 Å². The Hall–Kier alpha value is -4.80. The van der Waals surface area contributed by atoms with Crippen molar-refractivity contribution in [3.05, 3.63) is 91.4 Å². The SMILES string of the molecule is Cc1c(N/C(O)=c2\sc(=C(C#N)C#N)n(-c3ccccc3)c2=N)c(=O)n(-c2ccccc2)n1C. The maximum absolute atomic E-state index is 13.2. The van der Waals surface area contributed by atoms with Crippen LogP contribution in [0, 0.1) is 35.0 Å². The summed E-state index contributed by atoms with van der Waals surface area (Å²) in [6.45, 7) is 1.74. The van der Waals surface area contributed by atoms with Crippen LogP contribution in [-0.4, -0.2) is 19.0 Å². The zero-order valence-electron chi connectivity index (χ0n) is 18.3. The number of rotatable bonds is 4. The molecule has 0 saturated carbocycles. The summed E-state index contributed by atoms with van der Waals surface area (Å²) in [5.74, 6) is -0.424. The zero-order chi connectivity index (χ0) is 24.4. The van der Waals surface area contributed by atoms with Gasteiger partial charge >= 0.3 is 0 Å². The van der Waals surface area contributed by atoms with Crippen LogP contribution in [0.15, 0.2) is 65.5 Å². The van der Waals surface area contributed by atoms with E-state index >= 15 is 0 Å². The van der Waals surface area contributed by atoms with E-state index in [2.05, 4.69) is 5.32 Å². The third-order valence-corrected chi connectivity index (χ3v) is 6.48. The first-order valence-electron chi connectivity index (χ1n) is 10.1. The van der Waals surface area contributed by atoms with E-state index in [1.807, 2.05) is 30.3 Å².